The summed E-state index contributed by atoms with van der Waals surface area (Å²) in [7, 11) is 0. The van der Waals surface area contributed by atoms with Gasteiger partial charge in [-0.1, -0.05) is 5.16 Å². The topological polar surface area (TPSA) is 105 Å². The van der Waals surface area contributed by atoms with Crippen LogP contribution in [0.1, 0.15) is 21.9 Å². The predicted molar refractivity (Wildman–Crippen MR) is 76.9 cm³/mol. The third-order valence-corrected chi connectivity index (χ3v) is 4.25. The van der Waals surface area contributed by atoms with E-state index in [-0.39, 0.29) is 11.8 Å². The van der Waals surface area contributed by atoms with Gasteiger partial charge in [0.2, 0.25) is 0 Å². The number of nitrogens with zero attached hydrogens (tertiary/aromatic N) is 3. The van der Waals surface area contributed by atoms with Gasteiger partial charge in [-0.2, -0.15) is 0 Å². The number of thiazole rings is 1. The number of nitrogens with two attached hydrogens (primary N) is 1. The molecule has 1 saturated heterocycles. The first-order chi connectivity index (χ1) is 10.0. The van der Waals surface area contributed by atoms with Crippen molar-refractivity contribution in [2.75, 3.05) is 18.8 Å². The number of hydrogen-bond donors (Lipinski definition) is 2. The summed E-state index contributed by atoms with van der Waals surface area (Å²) in [6.07, 6.45) is -0.0133. The highest BCUT2D eigenvalue weighted by Crippen LogP contribution is 2.24. The van der Waals surface area contributed by atoms with E-state index in [0.29, 0.717) is 30.3 Å². The molecule has 2 aromatic rings. The first kappa shape index (κ1) is 14.0. The fraction of sp³-hybridized carbons (Fsp3) is 0.462. The number of hydrogen-bond acceptors (Lipinski definition) is 7. The second-order valence-electron chi connectivity index (χ2n) is 5.25. The van der Waals surface area contributed by atoms with Crippen molar-refractivity contribution in [1.82, 2.24) is 15.0 Å². The zero-order valence-corrected chi connectivity index (χ0v) is 12.3. The number of amides is 1. The molecule has 1 fully saturated rings. The lowest BCUT2D eigenvalue weighted by atomic mass is 10.0. The number of aliphatic hydroxyl groups is 1. The zero-order chi connectivity index (χ0) is 15.0. The van der Waals surface area contributed by atoms with Crippen molar-refractivity contribution in [1.29, 1.82) is 0 Å². The summed E-state index contributed by atoms with van der Waals surface area (Å²) in [5.74, 6) is 0.472. The predicted octanol–water partition coefficient (Wildman–Crippen LogP) is 0.697. The summed E-state index contributed by atoms with van der Waals surface area (Å²) in [4.78, 5) is 17.9. The highest BCUT2D eigenvalue weighted by molar-refractivity contribution is 7.13. The minimum absolute atomic E-state index is 0.0581. The van der Waals surface area contributed by atoms with Crippen LogP contribution in [-0.4, -0.2) is 45.2 Å². The minimum Gasteiger partial charge on any atom is -0.391 e. The molecule has 0 aromatic carbocycles. The Morgan fingerprint density at radius 2 is 2.43 bits per heavy atom. The molecule has 0 saturated carbocycles. The maximum atomic E-state index is 12.3. The summed E-state index contributed by atoms with van der Waals surface area (Å²) in [5.41, 5.74) is 6.68. The van der Waals surface area contributed by atoms with E-state index in [1.54, 1.807) is 10.3 Å². The molecule has 21 heavy (non-hydrogen) atoms. The minimum atomic E-state index is -0.574. The maximum absolute atomic E-state index is 12.3. The lowest BCUT2D eigenvalue weighted by Gasteiger charge is -2.14. The van der Waals surface area contributed by atoms with Crippen molar-refractivity contribution in [2.24, 2.45) is 5.92 Å². The van der Waals surface area contributed by atoms with Crippen molar-refractivity contribution >= 4 is 22.4 Å². The van der Waals surface area contributed by atoms with Crippen LogP contribution in [0, 0.1) is 12.8 Å². The first-order valence-corrected chi connectivity index (χ1v) is 7.51. The van der Waals surface area contributed by atoms with E-state index >= 15 is 0 Å². The van der Waals surface area contributed by atoms with Crippen LogP contribution >= 0.6 is 11.3 Å². The van der Waals surface area contributed by atoms with Crippen LogP contribution in [0.3, 0.4) is 0 Å². The number of β-amino-alcohol motifs (C(OH)–C–C–N with tert-alkyl or cyclic N) is 1. The third kappa shape index (κ3) is 2.91. The van der Waals surface area contributed by atoms with Gasteiger partial charge >= 0.3 is 0 Å². The smallest absolute Gasteiger partial charge is 0.273 e. The fourth-order valence-corrected chi connectivity index (χ4v) is 3.08. The van der Waals surface area contributed by atoms with Crippen molar-refractivity contribution in [2.45, 2.75) is 19.4 Å². The average Bonchev–Trinajstić information content (AvgIpc) is 3.12. The molecule has 7 nitrogen and oxygen atoms in total. The van der Waals surface area contributed by atoms with Gasteiger partial charge in [0, 0.05) is 36.9 Å². The molecule has 3 heterocycles. The Morgan fingerprint density at radius 1 is 1.62 bits per heavy atom. The summed E-state index contributed by atoms with van der Waals surface area (Å²) in [5, 5.41) is 16.0. The SMILES string of the molecule is Cc1cc(C[C@@H]2CN(C(=O)c3csc(N)n3)C[C@@H]2O)on1. The van der Waals surface area contributed by atoms with E-state index in [0.717, 1.165) is 11.5 Å². The molecule has 2 atom stereocenters. The zero-order valence-electron chi connectivity index (χ0n) is 11.5. The van der Waals surface area contributed by atoms with Crippen LogP contribution in [0.15, 0.2) is 16.0 Å². The van der Waals surface area contributed by atoms with E-state index in [1.165, 1.54) is 11.3 Å². The molecule has 0 spiro atoms. The van der Waals surface area contributed by atoms with Crippen LogP contribution in [0.2, 0.25) is 0 Å². The molecule has 1 aliphatic rings. The van der Waals surface area contributed by atoms with Gasteiger partial charge in [-0.05, 0) is 6.92 Å². The van der Waals surface area contributed by atoms with Gasteiger partial charge in [-0.25, -0.2) is 4.98 Å². The quantitative estimate of drug-likeness (QED) is 0.864. The molecule has 0 aliphatic carbocycles. The third-order valence-electron chi connectivity index (χ3n) is 3.57. The Hall–Kier alpha value is -1.93. The molecule has 1 aliphatic heterocycles. The van der Waals surface area contributed by atoms with E-state index in [1.807, 2.05) is 13.0 Å². The second-order valence-corrected chi connectivity index (χ2v) is 6.14. The molecule has 3 rings (SSSR count). The fourth-order valence-electron chi connectivity index (χ4n) is 2.54. The Bertz CT molecular complexity index is 653. The molecule has 2 aromatic heterocycles. The van der Waals surface area contributed by atoms with E-state index in [4.69, 9.17) is 10.3 Å². The molecule has 112 valence electrons. The number of likely N-dealkylation sites (tertiary alicyclic amines) is 1. The number of anilines is 1. The summed E-state index contributed by atoms with van der Waals surface area (Å²) in [6, 6.07) is 1.85. The monoisotopic (exact) mass is 308 g/mol. The number of carbonyl (C=O) groups is 1. The Morgan fingerprint density at radius 3 is 3.05 bits per heavy atom. The molecule has 0 bridgehead atoms. The van der Waals surface area contributed by atoms with Gasteiger partial charge in [0.15, 0.2) is 5.13 Å². The number of nitrogen functional groups attached to an aromatic ring is 1. The van der Waals surface area contributed by atoms with Gasteiger partial charge in [0.05, 0.1) is 11.8 Å². The second kappa shape index (κ2) is 5.45. The first-order valence-electron chi connectivity index (χ1n) is 6.63. The van der Waals surface area contributed by atoms with Crippen molar-refractivity contribution in [3.63, 3.8) is 0 Å². The number of aromatic nitrogens is 2. The molecular weight excluding hydrogens is 292 g/mol. The Balaban J connectivity index is 1.66. The normalized spacial score (nSPS) is 21.9. The average molecular weight is 308 g/mol. The van der Waals surface area contributed by atoms with E-state index in [2.05, 4.69) is 10.1 Å². The van der Waals surface area contributed by atoms with Gasteiger partial charge < -0.3 is 20.3 Å². The maximum Gasteiger partial charge on any atom is 0.273 e. The Labute approximate surface area is 125 Å². The summed E-state index contributed by atoms with van der Waals surface area (Å²) >= 11 is 1.23. The summed E-state index contributed by atoms with van der Waals surface area (Å²) < 4.78 is 5.17. The highest BCUT2D eigenvalue weighted by Gasteiger charge is 2.35. The van der Waals surface area contributed by atoms with Gasteiger partial charge in [0.25, 0.3) is 5.91 Å². The van der Waals surface area contributed by atoms with Crippen LogP contribution in [0.4, 0.5) is 5.13 Å². The number of aryl methyl sites for hydroxylation is 1. The van der Waals surface area contributed by atoms with Crippen molar-refractivity contribution in [3.8, 4) is 0 Å². The van der Waals surface area contributed by atoms with Crippen LogP contribution < -0.4 is 5.73 Å². The van der Waals surface area contributed by atoms with E-state index < -0.39 is 6.10 Å². The lowest BCUT2D eigenvalue weighted by molar-refractivity contribution is 0.0760. The standard InChI is InChI=1S/C13H16N4O3S/c1-7-2-9(20-16-7)3-8-4-17(5-11(8)18)12(19)10-6-21-13(14)15-10/h2,6,8,11,18H,3-5H2,1H3,(H2,14,15)/t8-,11+/m1/s1. The molecular formula is C13H16N4O3S. The lowest BCUT2D eigenvalue weighted by Crippen LogP contribution is -2.29. The summed E-state index contributed by atoms with van der Waals surface area (Å²) in [6.45, 7) is 2.62. The van der Waals surface area contributed by atoms with Crippen LogP contribution in [0.5, 0.6) is 0 Å². The highest BCUT2D eigenvalue weighted by atomic mass is 32.1. The van der Waals surface area contributed by atoms with Gasteiger partial charge in [-0.3, -0.25) is 4.79 Å². The molecule has 0 radical (unpaired) electrons. The van der Waals surface area contributed by atoms with E-state index in [9.17, 15) is 9.90 Å². The van der Waals surface area contributed by atoms with Gasteiger partial charge in [-0.15, -0.1) is 11.3 Å². The van der Waals surface area contributed by atoms with Crippen molar-refractivity contribution in [3.05, 3.63) is 28.6 Å². The van der Waals surface area contributed by atoms with Crippen LogP contribution in [-0.2, 0) is 6.42 Å². The molecule has 1 amide bonds. The molecule has 3 N–H and O–H groups in total. The Kier molecular flexibility index (Phi) is 3.64. The number of aliphatic hydroxyl groups excluding tert-OH is 1. The van der Waals surface area contributed by atoms with Crippen LogP contribution in [0.25, 0.3) is 0 Å². The van der Waals surface area contributed by atoms with Crippen molar-refractivity contribution < 1.29 is 14.4 Å². The van der Waals surface area contributed by atoms with Gasteiger partial charge in [0.1, 0.15) is 11.5 Å². The largest absolute Gasteiger partial charge is 0.391 e. The molecule has 8 heteroatoms. The number of carbonyl (C=O) groups excluding carboxylic acids is 1. The molecule has 0 unspecified atom stereocenters. The number of rotatable bonds is 3.